The zero-order chi connectivity index (χ0) is 17.4. The fourth-order valence-corrected chi connectivity index (χ4v) is 2.08. The first-order valence-corrected chi connectivity index (χ1v) is 7.55. The predicted octanol–water partition coefficient (Wildman–Crippen LogP) is 1.09. The molecule has 0 saturated carbocycles. The molecule has 0 saturated heterocycles. The molecule has 0 aliphatic rings. The van der Waals surface area contributed by atoms with E-state index in [1.165, 1.54) is 18.3 Å². The number of nitrogens with one attached hydrogen (secondary N) is 2. The van der Waals surface area contributed by atoms with Gasteiger partial charge in [0.1, 0.15) is 12.7 Å². The minimum absolute atomic E-state index is 0.140. The van der Waals surface area contributed by atoms with E-state index in [1.54, 1.807) is 0 Å². The summed E-state index contributed by atoms with van der Waals surface area (Å²) in [5.74, 6) is 0. The number of alkyl carbamates (subject to hydrolysis) is 1. The Bertz CT molecular complexity index is 681. The Labute approximate surface area is 138 Å². The smallest absolute Gasteiger partial charge is 0.407 e. The molecule has 1 heterocycles. The van der Waals surface area contributed by atoms with Crippen molar-refractivity contribution in [3.63, 3.8) is 0 Å². The summed E-state index contributed by atoms with van der Waals surface area (Å²) in [6.45, 7) is 0.310. The van der Waals surface area contributed by atoms with E-state index in [2.05, 4.69) is 10.3 Å². The van der Waals surface area contributed by atoms with Gasteiger partial charge in [-0.25, -0.2) is 4.79 Å². The molecule has 7 heteroatoms. The summed E-state index contributed by atoms with van der Waals surface area (Å²) in [6, 6.07) is 12.0. The van der Waals surface area contributed by atoms with Crippen LogP contribution in [0.5, 0.6) is 0 Å². The van der Waals surface area contributed by atoms with Gasteiger partial charge in [0.2, 0.25) is 5.56 Å². The molecule has 0 radical (unpaired) electrons. The number of hydrogen-bond acceptors (Lipinski definition) is 5. The molecule has 4 N–H and O–H groups in total. The third-order valence-corrected chi connectivity index (χ3v) is 3.44. The summed E-state index contributed by atoms with van der Waals surface area (Å²) < 4.78 is 5.03. The second kappa shape index (κ2) is 8.85. The molecule has 7 nitrogen and oxygen atoms in total. The van der Waals surface area contributed by atoms with Crippen LogP contribution in [-0.4, -0.2) is 33.9 Å². The molecule has 1 aromatic heterocycles. The highest BCUT2D eigenvalue weighted by molar-refractivity contribution is 5.67. The summed E-state index contributed by atoms with van der Waals surface area (Å²) in [5.41, 5.74) is 0.984. The molecule has 0 aliphatic heterocycles. The normalized spacial score (nSPS) is 13.1. The van der Waals surface area contributed by atoms with Crippen LogP contribution in [0.1, 0.15) is 23.7 Å². The Hall–Kier alpha value is -2.64. The lowest BCUT2D eigenvalue weighted by atomic mass is 10.0. The van der Waals surface area contributed by atoms with E-state index in [0.717, 1.165) is 5.56 Å². The molecule has 0 bridgehead atoms. The van der Waals surface area contributed by atoms with Crippen LogP contribution in [0.3, 0.4) is 0 Å². The number of hydrogen-bond donors (Lipinski definition) is 4. The molecule has 128 valence electrons. The first-order chi connectivity index (χ1) is 11.6. The maximum Gasteiger partial charge on any atom is 0.407 e. The standard InChI is InChI=1S/C17H20N2O5/c20-14(16(22)13-6-7-15(21)19-10-13)8-9-18-17(23)24-11-12-4-2-1-3-5-12/h1-7,10,14,16,20,22H,8-9,11H2,(H,18,23)(H,19,21). The van der Waals surface area contributed by atoms with E-state index in [1.807, 2.05) is 30.3 Å². The Morgan fingerprint density at radius 3 is 2.58 bits per heavy atom. The highest BCUT2D eigenvalue weighted by Gasteiger charge is 2.18. The van der Waals surface area contributed by atoms with Gasteiger partial charge in [-0.05, 0) is 23.6 Å². The molecule has 0 fully saturated rings. The van der Waals surface area contributed by atoms with E-state index in [0.29, 0.717) is 5.56 Å². The maximum absolute atomic E-state index is 11.6. The quantitative estimate of drug-likeness (QED) is 0.606. The number of ether oxygens (including phenoxy) is 1. The Morgan fingerprint density at radius 1 is 1.17 bits per heavy atom. The van der Waals surface area contributed by atoms with Crippen molar-refractivity contribution in [2.24, 2.45) is 0 Å². The van der Waals surface area contributed by atoms with Gasteiger partial charge in [-0.3, -0.25) is 4.79 Å². The van der Waals surface area contributed by atoms with Crippen molar-refractivity contribution in [3.05, 3.63) is 70.1 Å². The van der Waals surface area contributed by atoms with E-state index < -0.39 is 18.3 Å². The molecule has 2 atom stereocenters. The van der Waals surface area contributed by atoms with Crippen LogP contribution in [0, 0.1) is 0 Å². The first-order valence-electron chi connectivity index (χ1n) is 7.55. The van der Waals surface area contributed by atoms with Gasteiger partial charge in [0, 0.05) is 18.8 Å². The number of carbonyl (C=O) groups excluding carboxylic acids is 1. The topological polar surface area (TPSA) is 112 Å². The largest absolute Gasteiger partial charge is 0.445 e. The lowest BCUT2D eigenvalue weighted by Gasteiger charge is -2.18. The number of aliphatic hydroxyl groups excluding tert-OH is 2. The van der Waals surface area contributed by atoms with Crippen LogP contribution >= 0.6 is 0 Å². The van der Waals surface area contributed by atoms with Gasteiger partial charge in [0.05, 0.1) is 6.10 Å². The van der Waals surface area contributed by atoms with E-state index in [9.17, 15) is 19.8 Å². The summed E-state index contributed by atoms with van der Waals surface area (Å²) in [5, 5.41) is 22.4. The van der Waals surface area contributed by atoms with Crippen molar-refractivity contribution in [2.75, 3.05) is 6.54 Å². The van der Waals surface area contributed by atoms with Gasteiger partial charge in [0.25, 0.3) is 0 Å². The third kappa shape index (κ3) is 5.53. The fraction of sp³-hybridized carbons (Fsp3) is 0.294. The van der Waals surface area contributed by atoms with E-state index in [-0.39, 0.29) is 25.1 Å². The third-order valence-electron chi connectivity index (χ3n) is 3.44. The van der Waals surface area contributed by atoms with Crippen LogP contribution in [0.15, 0.2) is 53.5 Å². The number of aromatic amines is 1. The monoisotopic (exact) mass is 332 g/mol. The van der Waals surface area contributed by atoms with E-state index >= 15 is 0 Å². The number of benzene rings is 1. The Morgan fingerprint density at radius 2 is 1.92 bits per heavy atom. The van der Waals surface area contributed by atoms with Gasteiger partial charge in [-0.2, -0.15) is 0 Å². The molecular formula is C17H20N2O5. The highest BCUT2D eigenvalue weighted by Crippen LogP contribution is 2.16. The van der Waals surface area contributed by atoms with Crippen LogP contribution < -0.4 is 10.9 Å². The van der Waals surface area contributed by atoms with Crippen molar-refractivity contribution in [1.29, 1.82) is 0 Å². The summed E-state index contributed by atoms with van der Waals surface area (Å²) in [6.07, 6.45) is -1.34. The molecule has 0 spiro atoms. The molecule has 2 rings (SSSR count). The average molecular weight is 332 g/mol. The number of aliphatic hydroxyl groups is 2. The zero-order valence-electron chi connectivity index (χ0n) is 13.0. The summed E-state index contributed by atoms with van der Waals surface area (Å²) >= 11 is 0. The molecule has 1 aromatic carbocycles. The Balaban J connectivity index is 1.69. The fourth-order valence-electron chi connectivity index (χ4n) is 2.08. The highest BCUT2D eigenvalue weighted by atomic mass is 16.5. The van der Waals surface area contributed by atoms with Crippen LogP contribution in [0.4, 0.5) is 4.79 Å². The predicted molar refractivity (Wildman–Crippen MR) is 87.3 cm³/mol. The lowest BCUT2D eigenvalue weighted by molar-refractivity contribution is 0.0134. The van der Waals surface area contributed by atoms with Crippen LogP contribution in [0.2, 0.25) is 0 Å². The summed E-state index contributed by atoms with van der Waals surface area (Å²) in [4.78, 5) is 24.9. The van der Waals surface area contributed by atoms with Crippen molar-refractivity contribution in [2.45, 2.75) is 25.2 Å². The number of rotatable bonds is 7. The van der Waals surface area contributed by atoms with E-state index in [4.69, 9.17) is 4.74 Å². The lowest BCUT2D eigenvalue weighted by Crippen LogP contribution is -2.30. The zero-order valence-corrected chi connectivity index (χ0v) is 13.0. The number of carbonyl (C=O) groups is 1. The van der Waals surface area contributed by atoms with Gasteiger partial charge in [-0.15, -0.1) is 0 Å². The summed E-state index contributed by atoms with van der Waals surface area (Å²) in [7, 11) is 0. The minimum Gasteiger partial charge on any atom is -0.445 e. The molecular weight excluding hydrogens is 312 g/mol. The number of H-pyrrole nitrogens is 1. The molecule has 24 heavy (non-hydrogen) atoms. The first kappa shape index (κ1) is 17.7. The van der Waals surface area contributed by atoms with Gasteiger partial charge in [0.15, 0.2) is 0 Å². The van der Waals surface area contributed by atoms with Crippen LogP contribution in [0.25, 0.3) is 0 Å². The number of amides is 1. The van der Waals surface area contributed by atoms with Crippen LogP contribution in [-0.2, 0) is 11.3 Å². The Kier molecular flexibility index (Phi) is 6.53. The van der Waals surface area contributed by atoms with Crippen molar-refractivity contribution < 1.29 is 19.7 Å². The molecule has 2 unspecified atom stereocenters. The number of aromatic nitrogens is 1. The molecule has 1 amide bonds. The van der Waals surface area contributed by atoms with Gasteiger partial charge >= 0.3 is 6.09 Å². The second-order valence-electron chi connectivity index (χ2n) is 5.28. The van der Waals surface area contributed by atoms with Gasteiger partial charge < -0.3 is 25.3 Å². The molecule has 2 aromatic rings. The number of pyridine rings is 1. The van der Waals surface area contributed by atoms with Crippen molar-refractivity contribution >= 4 is 6.09 Å². The van der Waals surface area contributed by atoms with Gasteiger partial charge in [-0.1, -0.05) is 30.3 Å². The maximum atomic E-state index is 11.6. The second-order valence-corrected chi connectivity index (χ2v) is 5.28. The SMILES string of the molecule is O=C(NCCC(O)C(O)c1ccc(=O)[nH]c1)OCc1ccccc1. The minimum atomic E-state index is -1.15. The average Bonchev–Trinajstić information content (AvgIpc) is 2.61. The van der Waals surface area contributed by atoms with Crippen molar-refractivity contribution in [3.8, 4) is 0 Å². The molecule has 0 aliphatic carbocycles. The van der Waals surface area contributed by atoms with Crippen molar-refractivity contribution in [1.82, 2.24) is 10.3 Å².